The molecule has 2 N–H and O–H groups in total. The van der Waals surface area contributed by atoms with E-state index in [9.17, 15) is 0 Å². The minimum Gasteiger partial charge on any atom is -0.326 e. The van der Waals surface area contributed by atoms with E-state index in [-0.39, 0.29) is 6.04 Å². The number of benzene rings is 1. The predicted octanol–water partition coefficient (Wildman–Crippen LogP) is 1.74. The van der Waals surface area contributed by atoms with Crippen molar-refractivity contribution in [3.63, 3.8) is 0 Å². The number of hydrogen-bond donors (Lipinski definition) is 1. The third-order valence-electron chi connectivity index (χ3n) is 3.79. The maximum absolute atomic E-state index is 6.27. The highest BCUT2D eigenvalue weighted by molar-refractivity contribution is 5.32. The van der Waals surface area contributed by atoms with Crippen LogP contribution >= 0.6 is 0 Å². The van der Waals surface area contributed by atoms with E-state index in [0.29, 0.717) is 12.0 Å². The molecular formula is C13H20N2. The molecule has 1 fully saturated rings. The van der Waals surface area contributed by atoms with Crippen LogP contribution in [0.1, 0.15) is 24.0 Å². The van der Waals surface area contributed by atoms with E-state index < -0.39 is 0 Å². The average Bonchev–Trinajstić information content (AvgIpc) is 2.47. The maximum Gasteiger partial charge on any atom is 0.0276 e. The summed E-state index contributed by atoms with van der Waals surface area (Å²) in [4.78, 5) is 2.35. The zero-order valence-electron chi connectivity index (χ0n) is 9.77. The van der Waals surface area contributed by atoms with Gasteiger partial charge in [0.15, 0.2) is 0 Å². The van der Waals surface area contributed by atoms with Crippen LogP contribution in [0.15, 0.2) is 24.3 Å². The first-order valence-electron chi connectivity index (χ1n) is 5.62. The van der Waals surface area contributed by atoms with Gasteiger partial charge in [-0.3, -0.25) is 0 Å². The molecule has 15 heavy (non-hydrogen) atoms. The number of aryl methyl sites for hydroxylation is 1. The topological polar surface area (TPSA) is 29.3 Å². The minimum atomic E-state index is 0.260. The Kier molecular flexibility index (Phi) is 2.81. The summed E-state index contributed by atoms with van der Waals surface area (Å²) >= 11 is 0. The van der Waals surface area contributed by atoms with E-state index in [1.54, 1.807) is 0 Å². The lowest BCUT2D eigenvalue weighted by Crippen LogP contribution is -2.36. The molecule has 0 aliphatic carbocycles. The van der Waals surface area contributed by atoms with Gasteiger partial charge >= 0.3 is 0 Å². The van der Waals surface area contributed by atoms with Gasteiger partial charge in [-0.25, -0.2) is 0 Å². The molecule has 1 unspecified atom stereocenters. The molecule has 2 heteroatoms. The molecule has 0 radical (unpaired) electrons. The number of rotatable bonds is 1. The lowest BCUT2D eigenvalue weighted by atomic mass is 9.89. The first-order valence-corrected chi connectivity index (χ1v) is 5.62. The highest BCUT2D eigenvalue weighted by Crippen LogP contribution is 2.31. The number of likely N-dealkylation sites (N-methyl/N-ethyl adjacent to an activating group) is 1. The van der Waals surface area contributed by atoms with Gasteiger partial charge in [-0.2, -0.15) is 0 Å². The Bertz CT molecular complexity index is 348. The first kappa shape index (κ1) is 10.7. The third kappa shape index (κ3) is 1.80. The molecule has 0 aromatic heterocycles. The Hall–Kier alpha value is -0.860. The fourth-order valence-electron chi connectivity index (χ4n) is 2.54. The van der Waals surface area contributed by atoms with E-state index >= 15 is 0 Å². The van der Waals surface area contributed by atoms with Crippen LogP contribution in [0, 0.1) is 6.92 Å². The smallest absolute Gasteiger partial charge is 0.0276 e. The van der Waals surface area contributed by atoms with Gasteiger partial charge in [0, 0.05) is 24.5 Å². The highest BCUT2D eigenvalue weighted by Gasteiger charge is 2.35. The fraction of sp³-hybridized carbons (Fsp3) is 0.538. The summed E-state index contributed by atoms with van der Waals surface area (Å²) in [7, 11) is 2.16. The number of likely N-dealkylation sites (tertiary alicyclic amines) is 1. The van der Waals surface area contributed by atoms with Crippen molar-refractivity contribution >= 4 is 0 Å². The van der Waals surface area contributed by atoms with E-state index in [1.807, 2.05) is 0 Å². The summed E-state index contributed by atoms with van der Waals surface area (Å²) in [5.74, 6) is 0.492. The first-order chi connectivity index (χ1) is 7.11. The normalized spacial score (nSPS) is 32.1. The molecule has 2 nitrogen and oxygen atoms in total. The van der Waals surface area contributed by atoms with Crippen LogP contribution in [0.3, 0.4) is 0 Å². The maximum atomic E-state index is 6.27. The van der Waals surface area contributed by atoms with Gasteiger partial charge in [-0.15, -0.1) is 0 Å². The van der Waals surface area contributed by atoms with Crippen molar-refractivity contribution in [2.45, 2.75) is 31.8 Å². The summed E-state index contributed by atoms with van der Waals surface area (Å²) in [6, 6.07) is 9.33. The van der Waals surface area contributed by atoms with Crippen LogP contribution in [0.4, 0.5) is 0 Å². The molecule has 1 aliphatic heterocycles. The Labute approximate surface area is 92.1 Å². The number of nitrogens with zero attached hydrogens (tertiary/aromatic N) is 1. The monoisotopic (exact) mass is 204 g/mol. The average molecular weight is 204 g/mol. The van der Waals surface area contributed by atoms with Gasteiger partial charge in [0.05, 0.1) is 0 Å². The predicted molar refractivity (Wildman–Crippen MR) is 64.0 cm³/mol. The second kappa shape index (κ2) is 3.95. The van der Waals surface area contributed by atoms with Crippen molar-refractivity contribution in [2.24, 2.45) is 5.73 Å². The molecule has 82 valence electrons. The van der Waals surface area contributed by atoms with Crippen molar-refractivity contribution in [3.05, 3.63) is 35.4 Å². The summed E-state index contributed by atoms with van der Waals surface area (Å²) in [6.45, 7) is 5.46. The van der Waals surface area contributed by atoms with Crippen LogP contribution in [-0.2, 0) is 0 Å². The van der Waals surface area contributed by atoms with Crippen LogP contribution in [0.25, 0.3) is 0 Å². The van der Waals surface area contributed by atoms with Crippen LogP contribution in [0.2, 0.25) is 0 Å². The Morgan fingerprint density at radius 1 is 1.33 bits per heavy atom. The summed E-state index contributed by atoms with van der Waals surface area (Å²) in [5.41, 5.74) is 9.05. The molecule has 1 aromatic rings. The van der Waals surface area contributed by atoms with Gasteiger partial charge in [-0.05, 0) is 32.0 Å². The molecular weight excluding hydrogens is 184 g/mol. The zero-order valence-corrected chi connectivity index (χ0v) is 9.77. The van der Waals surface area contributed by atoms with E-state index in [1.165, 1.54) is 11.1 Å². The van der Waals surface area contributed by atoms with Crippen molar-refractivity contribution in [2.75, 3.05) is 13.6 Å². The minimum absolute atomic E-state index is 0.260. The molecule has 1 aromatic carbocycles. The van der Waals surface area contributed by atoms with Gasteiger partial charge in [-0.1, -0.05) is 24.3 Å². The van der Waals surface area contributed by atoms with Crippen molar-refractivity contribution in [1.29, 1.82) is 0 Å². The third-order valence-corrected chi connectivity index (χ3v) is 3.79. The van der Waals surface area contributed by atoms with Gasteiger partial charge < -0.3 is 10.6 Å². The zero-order chi connectivity index (χ0) is 11.0. The molecule has 0 spiro atoms. The van der Waals surface area contributed by atoms with Crippen molar-refractivity contribution < 1.29 is 0 Å². The van der Waals surface area contributed by atoms with Crippen molar-refractivity contribution in [1.82, 2.24) is 4.90 Å². The lowest BCUT2D eigenvalue weighted by molar-refractivity contribution is 0.318. The molecule has 0 saturated carbocycles. The number of hydrogen-bond acceptors (Lipinski definition) is 2. The van der Waals surface area contributed by atoms with Gasteiger partial charge in [0.1, 0.15) is 0 Å². The molecule has 0 amide bonds. The van der Waals surface area contributed by atoms with Gasteiger partial charge in [0.2, 0.25) is 0 Å². The summed E-state index contributed by atoms with van der Waals surface area (Å²) in [5, 5.41) is 0. The highest BCUT2D eigenvalue weighted by atomic mass is 15.2. The van der Waals surface area contributed by atoms with E-state index in [0.717, 1.165) is 6.54 Å². The van der Waals surface area contributed by atoms with Crippen LogP contribution < -0.4 is 5.73 Å². The van der Waals surface area contributed by atoms with Crippen LogP contribution in [0.5, 0.6) is 0 Å². The molecule has 0 bridgehead atoms. The Morgan fingerprint density at radius 3 is 2.53 bits per heavy atom. The Morgan fingerprint density at radius 2 is 2.00 bits per heavy atom. The fourth-order valence-corrected chi connectivity index (χ4v) is 2.54. The molecule has 1 aliphatic rings. The molecule has 1 heterocycles. The van der Waals surface area contributed by atoms with Crippen molar-refractivity contribution in [3.8, 4) is 0 Å². The van der Waals surface area contributed by atoms with Crippen LogP contribution in [-0.4, -0.2) is 30.6 Å². The summed E-state index contributed by atoms with van der Waals surface area (Å²) < 4.78 is 0. The standard InChI is InChI=1S/C13H20N2/c1-9-6-4-5-7-11(9)12-8-15(3)10(2)13(12)14/h4-7,10,12-13H,8,14H2,1-3H3/t10-,12?,13+/m1/s1. The SMILES string of the molecule is Cc1ccccc1C1CN(C)[C@H](C)[C@@H]1N. The molecule has 1 saturated heterocycles. The summed E-state index contributed by atoms with van der Waals surface area (Å²) in [6.07, 6.45) is 0. The Balaban J connectivity index is 2.30. The molecule has 2 rings (SSSR count). The van der Waals surface area contributed by atoms with Gasteiger partial charge in [0.25, 0.3) is 0 Å². The second-order valence-electron chi connectivity index (χ2n) is 4.72. The largest absolute Gasteiger partial charge is 0.326 e. The van der Waals surface area contributed by atoms with E-state index in [2.05, 4.69) is 50.1 Å². The lowest BCUT2D eigenvalue weighted by Gasteiger charge is -2.19. The second-order valence-corrected chi connectivity index (χ2v) is 4.72. The quantitative estimate of drug-likeness (QED) is 0.755. The van der Waals surface area contributed by atoms with E-state index in [4.69, 9.17) is 5.73 Å². The molecule has 3 atom stereocenters. The number of nitrogens with two attached hydrogens (primary N) is 1.